The lowest BCUT2D eigenvalue weighted by molar-refractivity contribution is -0.143. The first-order valence-electron chi connectivity index (χ1n) is 9.27. The molecule has 0 spiro atoms. The molecular weight excluding hydrogens is 443 g/mol. The Bertz CT molecular complexity index is 1340. The highest BCUT2D eigenvalue weighted by atomic mass is 19.4. The Morgan fingerprint density at radius 3 is 2.58 bits per heavy atom. The number of nitrogens with one attached hydrogen (secondary N) is 2. The van der Waals surface area contributed by atoms with Crippen LogP contribution in [0.5, 0.6) is 5.88 Å². The van der Waals surface area contributed by atoms with Gasteiger partial charge in [0.1, 0.15) is 0 Å². The molecule has 1 amide bonds. The molecule has 4 rings (SSSR count). The molecular formula is C20H14F3N7O3. The van der Waals surface area contributed by atoms with E-state index in [1.807, 2.05) is 0 Å². The molecule has 0 radical (unpaired) electrons. The fourth-order valence-electron chi connectivity index (χ4n) is 2.96. The summed E-state index contributed by atoms with van der Waals surface area (Å²) >= 11 is 0. The molecule has 3 aromatic heterocycles. The van der Waals surface area contributed by atoms with Crippen LogP contribution < -0.4 is 15.6 Å². The third-order valence-corrected chi connectivity index (χ3v) is 4.43. The van der Waals surface area contributed by atoms with E-state index in [1.54, 1.807) is 12.1 Å². The summed E-state index contributed by atoms with van der Waals surface area (Å²) in [6.07, 6.45) is -4.11. The van der Waals surface area contributed by atoms with E-state index in [-0.39, 0.29) is 22.9 Å². The monoisotopic (exact) mass is 457 g/mol. The van der Waals surface area contributed by atoms with Gasteiger partial charge in [-0.2, -0.15) is 23.4 Å². The second-order valence-corrected chi connectivity index (χ2v) is 6.59. The quantitative estimate of drug-likeness (QED) is 0.472. The van der Waals surface area contributed by atoms with Crippen molar-refractivity contribution in [3.05, 3.63) is 76.3 Å². The van der Waals surface area contributed by atoms with E-state index in [0.717, 1.165) is 6.20 Å². The van der Waals surface area contributed by atoms with Gasteiger partial charge in [-0.05, 0) is 24.3 Å². The lowest BCUT2D eigenvalue weighted by Crippen LogP contribution is -2.21. The number of methoxy groups -OCH3 is 1. The molecule has 3 heterocycles. The van der Waals surface area contributed by atoms with Crippen LogP contribution in [0.15, 0.2) is 59.5 Å². The average Bonchev–Trinajstić information content (AvgIpc) is 3.26. The minimum atomic E-state index is -4.91. The lowest BCUT2D eigenvalue weighted by Gasteiger charge is -2.12. The van der Waals surface area contributed by atoms with E-state index in [1.165, 1.54) is 43.5 Å². The van der Waals surface area contributed by atoms with E-state index in [4.69, 9.17) is 4.74 Å². The Morgan fingerprint density at radius 2 is 1.94 bits per heavy atom. The normalized spacial score (nSPS) is 11.3. The van der Waals surface area contributed by atoms with Crippen molar-refractivity contribution in [1.82, 2.24) is 30.2 Å². The van der Waals surface area contributed by atoms with Gasteiger partial charge in [0.05, 0.1) is 24.6 Å². The van der Waals surface area contributed by atoms with Gasteiger partial charge in [-0.1, -0.05) is 12.1 Å². The molecule has 0 aliphatic carbocycles. The van der Waals surface area contributed by atoms with Crippen molar-refractivity contribution in [3.8, 4) is 23.0 Å². The fraction of sp³-hybridized carbons (Fsp3) is 0.100. The van der Waals surface area contributed by atoms with Gasteiger partial charge in [0.15, 0.2) is 11.5 Å². The summed E-state index contributed by atoms with van der Waals surface area (Å²) in [6, 6.07) is 11.6. The Balaban J connectivity index is 1.66. The molecule has 33 heavy (non-hydrogen) atoms. The van der Waals surface area contributed by atoms with Crippen molar-refractivity contribution in [2.75, 3.05) is 12.4 Å². The summed E-state index contributed by atoms with van der Waals surface area (Å²) in [5.74, 6) is -1.16. The number of hydrogen-bond donors (Lipinski definition) is 2. The second kappa shape index (κ2) is 8.53. The number of alkyl halides is 3. The number of carbonyl (C=O) groups excluding carboxylic acids is 1. The van der Waals surface area contributed by atoms with Gasteiger partial charge >= 0.3 is 6.18 Å². The van der Waals surface area contributed by atoms with Gasteiger partial charge in [-0.3, -0.25) is 9.59 Å². The summed E-state index contributed by atoms with van der Waals surface area (Å²) < 4.78 is 46.9. The van der Waals surface area contributed by atoms with E-state index >= 15 is 0 Å². The molecule has 0 saturated carbocycles. The highest BCUT2D eigenvalue weighted by Crippen LogP contribution is 2.34. The van der Waals surface area contributed by atoms with Gasteiger partial charge in [0, 0.05) is 23.4 Å². The first kappa shape index (κ1) is 21.7. The minimum Gasteiger partial charge on any atom is -0.480 e. The van der Waals surface area contributed by atoms with E-state index in [2.05, 4.69) is 30.8 Å². The number of rotatable bonds is 5. The van der Waals surface area contributed by atoms with Crippen LogP contribution in [0.3, 0.4) is 0 Å². The molecule has 0 aliphatic heterocycles. The summed E-state index contributed by atoms with van der Waals surface area (Å²) in [6.45, 7) is 0. The van der Waals surface area contributed by atoms with Crippen LogP contribution in [-0.2, 0) is 6.18 Å². The average molecular weight is 457 g/mol. The predicted molar refractivity (Wildman–Crippen MR) is 109 cm³/mol. The first-order chi connectivity index (χ1) is 15.8. The van der Waals surface area contributed by atoms with Crippen LogP contribution in [0.25, 0.3) is 17.1 Å². The Hall–Kier alpha value is -4.55. The maximum absolute atomic E-state index is 13.8. The number of aromatic nitrogens is 6. The number of halogens is 3. The maximum Gasteiger partial charge on any atom is 0.434 e. The molecule has 0 unspecified atom stereocenters. The summed E-state index contributed by atoms with van der Waals surface area (Å²) in [5, 5.41) is 19.6. The molecule has 4 aromatic rings. The number of ether oxygens (including phenoxy) is 1. The molecule has 0 bridgehead atoms. The Morgan fingerprint density at radius 1 is 1.12 bits per heavy atom. The molecule has 0 saturated heterocycles. The smallest absolute Gasteiger partial charge is 0.434 e. The third-order valence-electron chi connectivity index (χ3n) is 4.43. The van der Waals surface area contributed by atoms with Gasteiger partial charge < -0.3 is 10.1 Å². The van der Waals surface area contributed by atoms with E-state index < -0.39 is 23.3 Å². The molecule has 168 valence electrons. The van der Waals surface area contributed by atoms with E-state index in [0.29, 0.717) is 15.9 Å². The van der Waals surface area contributed by atoms with Crippen molar-refractivity contribution >= 4 is 11.6 Å². The number of carbonyl (C=O) groups is 1. The van der Waals surface area contributed by atoms with Crippen molar-refractivity contribution in [1.29, 1.82) is 0 Å². The van der Waals surface area contributed by atoms with Crippen LogP contribution in [0.2, 0.25) is 0 Å². The van der Waals surface area contributed by atoms with Crippen LogP contribution in [0.1, 0.15) is 16.1 Å². The second-order valence-electron chi connectivity index (χ2n) is 6.59. The van der Waals surface area contributed by atoms with Crippen molar-refractivity contribution < 1.29 is 22.7 Å². The van der Waals surface area contributed by atoms with Crippen molar-refractivity contribution in [3.63, 3.8) is 0 Å². The zero-order valence-electron chi connectivity index (χ0n) is 16.8. The van der Waals surface area contributed by atoms with Gasteiger partial charge in [0.2, 0.25) is 5.88 Å². The fourth-order valence-corrected chi connectivity index (χ4v) is 2.96. The topological polar surface area (TPSA) is 128 Å². The van der Waals surface area contributed by atoms with Crippen LogP contribution in [0.4, 0.5) is 18.9 Å². The summed E-state index contributed by atoms with van der Waals surface area (Å²) in [5.41, 5.74) is -1.24. The standard InChI is InChI=1S/C20H14F3N7O3/c1-33-17-8-6-15(27-29-17)30-18(20(21,22)23)13(10-24-30)19(32)25-12-4-2-3-11(9-12)14-5-7-16(31)28-26-14/h2-10H,1H3,(H,25,32)(H,28,31). The first-order valence-corrected chi connectivity index (χ1v) is 9.27. The SMILES string of the molecule is COc1ccc(-n2ncc(C(=O)Nc3cccc(-c4ccc(=O)[nH]n4)c3)c2C(F)(F)F)nn1. The summed E-state index contributed by atoms with van der Waals surface area (Å²) in [4.78, 5) is 23.9. The van der Waals surface area contributed by atoms with Crippen molar-refractivity contribution in [2.45, 2.75) is 6.18 Å². The number of amides is 1. The summed E-state index contributed by atoms with van der Waals surface area (Å²) in [7, 11) is 1.34. The third kappa shape index (κ3) is 4.56. The molecule has 13 heteroatoms. The maximum atomic E-state index is 13.8. The molecule has 0 fully saturated rings. The minimum absolute atomic E-state index is 0.106. The molecule has 10 nitrogen and oxygen atoms in total. The number of hydrogen-bond acceptors (Lipinski definition) is 7. The molecule has 0 atom stereocenters. The zero-order valence-corrected chi connectivity index (χ0v) is 16.8. The predicted octanol–water partition coefficient (Wildman–Crippen LogP) is 2.69. The molecule has 1 aromatic carbocycles. The molecule has 0 aliphatic rings. The van der Waals surface area contributed by atoms with Gasteiger partial charge in [-0.15, -0.1) is 10.2 Å². The highest BCUT2D eigenvalue weighted by molar-refractivity contribution is 6.05. The Labute approximate surface area is 183 Å². The number of nitrogens with zero attached hydrogens (tertiary/aromatic N) is 5. The lowest BCUT2D eigenvalue weighted by atomic mass is 10.1. The van der Waals surface area contributed by atoms with Crippen LogP contribution in [-0.4, -0.2) is 43.2 Å². The van der Waals surface area contributed by atoms with Crippen LogP contribution >= 0.6 is 0 Å². The number of aromatic amines is 1. The van der Waals surface area contributed by atoms with E-state index in [9.17, 15) is 22.8 Å². The number of benzene rings is 1. The highest BCUT2D eigenvalue weighted by Gasteiger charge is 2.41. The molecule has 2 N–H and O–H groups in total. The number of anilines is 1. The van der Waals surface area contributed by atoms with Crippen molar-refractivity contribution in [2.24, 2.45) is 0 Å². The Kier molecular flexibility index (Phi) is 5.60. The zero-order chi connectivity index (χ0) is 23.6. The number of H-pyrrole nitrogens is 1. The van der Waals surface area contributed by atoms with Gasteiger partial charge in [-0.25, -0.2) is 9.78 Å². The largest absolute Gasteiger partial charge is 0.480 e. The van der Waals surface area contributed by atoms with Gasteiger partial charge in [0.25, 0.3) is 11.5 Å². The van der Waals surface area contributed by atoms with Crippen LogP contribution in [0, 0.1) is 0 Å².